The highest BCUT2D eigenvalue weighted by Crippen LogP contribution is 2.22. The fraction of sp³-hybridized carbons (Fsp3) is 0.444. The molecule has 1 aromatic heterocycles. The number of hydrogen-bond donors (Lipinski definition) is 1. The molecule has 1 aromatic carbocycles. The molecular weight excluding hydrogens is 262 g/mol. The maximum atomic E-state index is 3.53. The molecule has 0 radical (unpaired) electrons. The summed E-state index contributed by atoms with van der Waals surface area (Å²) in [5.41, 5.74) is 4.38. The summed E-state index contributed by atoms with van der Waals surface area (Å²) in [6, 6.07) is 11.2. The molecule has 0 bridgehead atoms. The Bertz CT molecular complexity index is 539. The highest BCUT2D eigenvalue weighted by molar-refractivity contribution is 7.12. The van der Waals surface area contributed by atoms with Gasteiger partial charge in [0.25, 0.3) is 0 Å². The summed E-state index contributed by atoms with van der Waals surface area (Å²) >= 11 is 1.89. The average Bonchev–Trinajstić information content (AvgIpc) is 2.68. The highest BCUT2D eigenvalue weighted by atomic mass is 32.1. The first-order valence-corrected chi connectivity index (χ1v) is 8.04. The minimum Gasteiger partial charge on any atom is -0.308 e. The minimum atomic E-state index is 0.234. The van der Waals surface area contributed by atoms with E-state index < -0.39 is 0 Å². The normalized spacial score (nSPS) is 11.8. The number of rotatable bonds is 4. The van der Waals surface area contributed by atoms with E-state index in [1.165, 1.54) is 26.4 Å². The zero-order valence-electron chi connectivity index (χ0n) is 13.2. The fourth-order valence-corrected chi connectivity index (χ4v) is 3.21. The molecule has 0 unspecified atom stereocenters. The number of benzene rings is 1. The van der Waals surface area contributed by atoms with Gasteiger partial charge in [0.2, 0.25) is 0 Å². The van der Waals surface area contributed by atoms with E-state index in [0.717, 1.165) is 13.1 Å². The van der Waals surface area contributed by atoms with Gasteiger partial charge in [-0.1, -0.05) is 45.0 Å². The van der Waals surface area contributed by atoms with Crippen LogP contribution in [-0.2, 0) is 18.5 Å². The zero-order valence-corrected chi connectivity index (χ0v) is 14.0. The Labute approximate surface area is 127 Å². The van der Waals surface area contributed by atoms with Gasteiger partial charge < -0.3 is 5.32 Å². The van der Waals surface area contributed by atoms with Gasteiger partial charge >= 0.3 is 0 Å². The average molecular weight is 287 g/mol. The Morgan fingerprint density at radius 2 is 1.65 bits per heavy atom. The SMILES string of the molecule is Cc1cc(CNCc2ccc(C(C)(C)C)cc2)sc1C. The van der Waals surface area contributed by atoms with E-state index in [9.17, 15) is 0 Å². The standard InChI is InChI=1S/C18H25NS/c1-13-10-17(20-14(13)2)12-19-11-15-6-8-16(9-7-15)18(3,4)5/h6-10,19H,11-12H2,1-5H3. The van der Waals surface area contributed by atoms with Crippen LogP contribution in [0.5, 0.6) is 0 Å². The van der Waals surface area contributed by atoms with Crippen LogP contribution in [0.4, 0.5) is 0 Å². The monoisotopic (exact) mass is 287 g/mol. The van der Waals surface area contributed by atoms with Crippen LogP contribution in [0.15, 0.2) is 30.3 Å². The third-order valence-electron chi connectivity index (χ3n) is 3.67. The maximum Gasteiger partial charge on any atom is 0.0303 e. The van der Waals surface area contributed by atoms with Gasteiger partial charge in [0.1, 0.15) is 0 Å². The lowest BCUT2D eigenvalue weighted by atomic mass is 9.87. The summed E-state index contributed by atoms with van der Waals surface area (Å²) < 4.78 is 0. The van der Waals surface area contributed by atoms with Gasteiger partial charge in [-0.05, 0) is 42.0 Å². The van der Waals surface area contributed by atoms with Crippen molar-refractivity contribution < 1.29 is 0 Å². The van der Waals surface area contributed by atoms with E-state index in [2.05, 4.69) is 70.3 Å². The van der Waals surface area contributed by atoms with E-state index in [4.69, 9.17) is 0 Å². The maximum absolute atomic E-state index is 3.53. The molecule has 0 aliphatic rings. The van der Waals surface area contributed by atoms with Crippen molar-refractivity contribution in [1.82, 2.24) is 5.32 Å². The summed E-state index contributed by atoms with van der Waals surface area (Å²) in [4.78, 5) is 2.85. The molecule has 2 heteroatoms. The fourth-order valence-electron chi connectivity index (χ4n) is 2.19. The third-order valence-corrected chi connectivity index (χ3v) is 4.82. The molecule has 0 aliphatic heterocycles. The van der Waals surface area contributed by atoms with Gasteiger partial charge in [0.05, 0.1) is 0 Å². The summed E-state index contributed by atoms with van der Waals surface area (Å²) in [6.45, 7) is 13.0. The third kappa shape index (κ3) is 3.94. The first kappa shape index (κ1) is 15.3. The van der Waals surface area contributed by atoms with E-state index in [1.54, 1.807) is 0 Å². The highest BCUT2D eigenvalue weighted by Gasteiger charge is 2.12. The number of aryl methyl sites for hydroxylation is 2. The van der Waals surface area contributed by atoms with E-state index in [0.29, 0.717) is 0 Å². The lowest BCUT2D eigenvalue weighted by Crippen LogP contribution is -2.13. The summed E-state index contributed by atoms with van der Waals surface area (Å²) in [7, 11) is 0. The Kier molecular flexibility index (Phi) is 4.66. The van der Waals surface area contributed by atoms with Crippen molar-refractivity contribution in [2.24, 2.45) is 0 Å². The molecule has 20 heavy (non-hydrogen) atoms. The molecule has 108 valence electrons. The second-order valence-electron chi connectivity index (χ2n) is 6.50. The molecule has 0 fully saturated rings. The van der Waals surface area contributed by atoms with Crippen LogP contribution in [-0.4, -0.2) is 0 Å². The van der Waals surface area contributed by atoms with Gasteiger partial charge in [-0.15, -0.1) is 11.3 Å². The molecule has 2 rings (SSSR count). The topological polar surface area (TPSA) is 12.0 Å². The van der Waals surface area contributed by atoms with Crippen LogP contribution >= 0.6 is 11.3 Å². The van der Waals surface area contributed by atoms with Crippen molar-refractivity contribution in [3.8, 4) is 0 Å². The predicted octanol–water partition coefficient (Wildman–Crippen LogP) is 4.95. The molecule has 0 saturated heterocycles. The Morgan fingerprint density at radius 1 is 1.00 bits per heavy atom. The van der Waals surface area contributed by atoms with Gasteiger partial charge in [-0.25, -0.2) is 0 Å². The summed E-state index contributed by atoms with van der Waals surface area (Å²) in [6.07, 6.45) is 0. The summed E-state index contributed by atoms with van der Waals surface area (Å²) in [5, 5.41) is 3.53. The van der Waals surface area contributed by atoms with Crippen LogP contribution in [0.25, 0.3) is 0 Å². The predicted molar refractivity (Wildman–Crippen MR) is 89.5 cm³/mol. The van der Waals surface area contributed by atoms with Crippen molar-refractivity contribution in [1.29, 1.82) is 0 Å². The minimum absolute atomic E-state index is 0.234. The molecule has 0 aliphatic carbocycles. The second kappa shape index (κ2) is 6.11. The lowest BCUT2D eigenvalue weighted by molar-refractivity contribution is 0.589. The van der Waals surface area contributed by atoms with Crippen LogP contribution in [0.2, 0.25) is 0 Å². The van der Waals surface area contributed by atoms with Gasteiger partial charge in [-0.2, -0.15) is 0 Å². The van der Waals surface area contributed by atoms with Crippen molar-refractivity contribution in [2.45, 2.75) is 53.1 Å². The molecule has 1 heterocycles. The first-order valence-electron chi connectivity index (χ1n) is 7.22. The Morgan fingerprint density at radius 3 is 2.15 bits per heavy atom. The van der Waals surface area contributed by atoms with Crippen molar-refractivity contribution >= 4 is 11.3 Å². The van der Waals surface area contributed by atoms with Gasteiger partial charge in [0, 0.05) is 22.8 Å². The van der Waals surface area contributed by atoms with Crippen LogP contribution in [0.1, 0.15) is 47.2 Å². The molecular formula is C18H25NS. The van der Waals surface area contributed by atoms with E-state index in [1.807, 2.05) is 11.3 Å². The van der Waals surface area contributed by atoms with Crippen LogP contribution in [0.3, 0.4) is 0 Å². The molecule has 1 N–H and O–H groups in total. The Balaban J connectivity index is 1.88. The van der Waals surface area contributed by atoms with E-state index in [-0.39, 0.29) is 5.41 Å². The zero-order chi connectivity index (χ0) is 14.8. The Hall–Kier alpha value is -1.12. The molecule has 2 aromatic rings. The number of nitrogens with one attached hydrogen (secondary N) is 1. The second-order valence-corrected chi connectivity index (χ2v) is 7.84. The largest absolute Gasteiger partial charge is 0.308 e. The number of thiophene rings is 1. The molecule has 1 nitrogen and oxygen atoms in total. The first-order chi connectivity index (χ1) is 9.36. The van der Waals surface area contributed by atoms with Gasteiger partial charge in [0.15, 0.2) is 0 Å². The van der Waals surface area contributed by atoms with Gasteiger partial charge in [-0.3, -0.25) is 0 Å². The quantitative estimate of drug-likeness (QED) is 0.838. The molecule has 0 amide bonds. The number of hydrogen-bond acceptors (Lipinski definition) is 2. The smallest absolute Gasteiger partial charge is 0.0303 e. The van der Waals surface area contributed by atoms with Crippen molar-refractivity contribution in [2.75, 3.05) is 0 Å². The molecule has 0 spiro atoms. The van der Waals surface area contributed by atoms with Crippen LogP contribution < -0.4 is 5.32 Å². The lowest BCUT2D eigenvalue weighted by Gasteiger charge is -2.19. The molecule has 0 saturated carbocycles. The van der Waals surface area contributed by atoms with Crippen LogP contribution in [0, 0.1) is 13.8 Å². The summed E-state index contributed by atoms with van der Waals surface area (Å²) in [5.74, 6) is 0. The van der Waals surface area contributed by atoms with Crippen molar-refractivity contribution in [3.05, 3.63) is 56.8 Å². The molecule has 0 atom stereocenters. The van der Waals surface area contributed by atoms with E-state index >= 15 is 0 Å². The van der Waals surface area contributed by atoms with Crippen molar-refractivity contribution in [3.63, 3.8) is 0 Å².